The molecule has 4 N–H and O–H groups in total. The third-order valence-electron chi connectivity index (χ3n) is 2.69. The molecule has 1 heterocycles. The van der Waals surface area contributed by atoms with E-state index in [1.165, 1.54) is 0 Å². The van der Waals surface area contributed by atoms with Crippen LogP contribution in [-0.2, 0) is 16.6 Å². The molecular formula is C11H12Br2N4O2S. The Kier molecular flexibility index (Phi) is 4.52. The molecule has 0 bridgehead atoms. The van der Waals surface area contributed by atoms with Gasteiger partial charge in [0.15, 0.2) is 0 Å². The Bertz CT molecular complexity index is 723. The molecule has 9 heteroatoms. The molecule has 0 spiro atoms. The number of sulfonamides is 1. The lowest BCUT2D eigenvalue weighted by molar-refractivity contribution is 0.595. The Morgan fingerprint density at radius 2 is 1.95 bits per heavy atom. The molecule has 0 amide bonds. The van der Waals surface area contributed by atoms with Crippen LogP contribution < -0.4 is 10.5 Å². The zero-order valence-corrected chi connectivity index (χ0v) is 14.4. The maximum atomic E-state index is 12.4. The number of H-pyrrole nitrogens is 1. The Morgan fingerprint density at radius 1 is 1.35 bits per heavy atom. The maximum Gasteiger partial charge on any atom is 0.281 e. The molecule has 0 unspecified atom stereocenters. The average Bonchev–Trinajstić information content (AvgIpc) is 2.76. The van der Waals surface area contributed by atoms with E-state index in [1.54, 1.807) is 25.1 Å². The number of halogens is 2. The summed E-state index contributed by atoms with van der Waals surface area (Å²) in [7, 11) is -3.81. The molecule has 0 aliphatic rings. The molecule has 0 fully saturated rings. The fraction of sp³-hybridized carbons (Fsp3) is 0.182. The predicted octanol–water partition coefficient (Wildman–Crippen LogP) is 2.50. The molecule has 2 aromatic rings. The van der Waals surface area contributed by atoms with E-state index < -0.39 is 10.0 Å². The van der Waals surface area contributed by atoms with Gasteiger partial charge in [0, 0.05) is 26.7 Å². The van der Waals surface area contributed by atoms with Crippen LogP contribution in [0.25, 0.3) is 0 Å². The van der Waals surface area contributed by atoms with Crippen molar-refractivity contribution in [3.05, 3.63) is 38.4 Å². The molecule has 0 saturated heterocycles. The Labute approximate surface area is 133 Å². The summed E-state index contributed by atoms with van der Waals surface area (Å²) >= 11 is 6.61. The van der Waals surface area contributed by atoms with E-state index in [9.17, 15) is 8.42 Å². The van der Waals surface area contributed by atoms with Gasteiger partial charge < -0.3 is 5.73 Å². The highest BCUT2D eigenvalue weighted by molar-refractivity contribution is 9.11. The van der Waals surface area contributed by atoms with Gasteiger partial charge in [0.1, 0.15) is 0 Å². The first-order valence-corrected chi connectivity index (χ1v) is 8.64. The van der Waals surface area contributed by atoms with Crippen LogP contribution in [-0.4, -0.2) is 18.6 Å². The van der Waals surface area contributed by atoms with E-state index in [-0.39, 0.29) is 11.6 Å². The number of hydrogen-bond acceptors (Lipinski definition) is 4. The Hall–Kier alpha value is -0.900. The van der Waals surface area contributed by atoms with Crippen LogP contribution >= 0.6 is 31.9 Å². The number of anilines is 1. The highest BCUT2D eigenvalue weighted by atomic mass is 79.9. The molecule has 1 aromatic heterocycles. The minimum absolute atomic E-state index is 0.0832. The van der Waals surface area contributed by atoms with Crippen molar-refractivity contribution >= 4 is 47.6 Å². The van der Waals surface area contributed by atoms with Gasteiger partial charge in [-0.1, -0.05) is 6.07 Å². The molecule has 1 aromatic carbocycles. The number of benzene rings is 1. The van der Waals surface area contributed by atoms with Gasteiger partial charge in [-0.2, -0.15) is 13.5 Å². The number of nitrogens with one attached hydrogen (secondary N) is 2. The second-order valence-corrected chi connectivity index (χ2v) is 7.34. The van der Waals surface area contributed by atoms with Crippen LogP contribution in [0.4, 0.5) is 5.69 Å². The predicted molar refractivity (Wildman–Crippen MR) is 83.9 cm³/mol. The highest BCUT2D eigenvalue weighted by Gasteiger charge is 2.24. The van der Waals surface area contributed by atoms with Gasteiger partial charge in [0.05, 0.1) is 5.69 Å². The number of para-hydroxylation sites is 1. The number of rotatable bonds is 4. The van der Waals surface area contributed by atoms with Crippen LogP contribution in [0.3, 0.4) is 0 Å². The van der Waals surface area contributed by atoms with Crippen LogP contribution in [0.1, 0.15) is 11.3 Å². The zero-order chi connectivity index (χ0) is 14.9. The molecule has 0 aliphatic heterocycles. The zero-order valence-electron chi connectivity index (χ0n) is 10.4. The standard InChI is InChI=1S/C11H12Br2N4O2S/c1-6-7(5-14)11(16-15-6)20(18,19)17-10-8(12)3-2-4-9(10)13/h2-4,17H,5,14H2,1H3,(H,15,16). The van der Waals surface area contributed by atoms with Gasteiger partial charge in [-0.05, 0) is 50.9 Å². The first-order valence-electron chi connectivity index (χ1n) is 5.57. The minimum atomic E-state index is -3.81. The Morgan fingerprint density at radius 3 is 2.50 bits per heavy atom. The van der Waals surface area contributed by atoms with Gasteiger partial charge in [-0.15, -0.1) is 0 Å². The molecule has 0 saturated carbocycles. The summed E-state index contributed by atoms with van der Waals surface area (Å²) in [6.45, 7) is 1.82. The molecule has 6 nitrogen and oxygen atoms in total. The quantitative estimate of drug-likeness (QED) is 0.703. The minimum Gasteiger partial charge on any atom is -0.326 e. The van der Waals surface area contributed by atoms with E-state index in [0.717, 1.165) is 0 Å². The number of aryl methyl sites for hydroxylation is 1. The lowest BCUT2D eigenvalue weighted by Gasteiger charge is -2.10. The monoisotopic (exact) mass is 422 g/mol. The van der Waals surface area contributed by atoms with Gasteiger partial charge in [-0.25, -0.2) is 0 Å². The summed E-state index contributed by atoms with van der Waals surface area (Å²) in [5.74, 6) is 0. The van der Waals surface area contributed by atoms with E-state index in [4.69, 9.17) is 5.73 Å². The number of nitrogens with zero attached hydrogens (tertiary/aromatic N) is 1. The second kappa shape index (κ2) is 5.84. The number of aromatic nitrogens is 2. The maximum absolute atomic E-state index is 12.4. The number of nitrogens with two attached hydrogens (primary N) is 1. The third kappa shape index (κ3) is 2.90. The summed E-state index contributed by atoms with van der Waals surface area (Å²) in [5.41, 5.74) is 7.10. The first-order chi connectivity index (χ1) is 9.36. The molecule has 20 heavy (non-hydrogen) atoms. The van der Waals surface area contributed by atoms with Gasteiger partial charge >= 0.3 is 0 Å². The highest BCUT2D eigenvalue weighted by Crippen LogP contribution is 2.32. The summed E-state index contributed by atoms with van der Waals surface area (Å²) in [5, 5.41) is 6.38. The van der Waals surface area contributed by atoms with Gasteiger partial charge in [0.25, 0.3) is 10.0 Å². The van der Waals surface area contributed by atoms with Crippen LogP contribution in [0.5, 0.6) is 0 Å². The smallest absolute Gasteiger partial charge is 0.281 e. The average molecular weight is 424 g/mol. The molecular weight excluding hydrogens is 412 g/mol. The lowest BCUT2D eigenvalue weighted by Crippen LogP contribution is -2.17. The van der Waals surface area contributed by atoms with Crippen molar-refractivity contribution in [3.8, 4) is 0 Å². The molecule has 0 atom stereocenters. The largest absolute Gasteiger partial charge is 0.326 e. The second-order valence-electron chi connectivity index (χ2n) is 4.04. The van der Waals surface area contributed by atoms with Crippen molar-refractivity contribution in [3.63, 3.8) is 0 Å². The van der Waals surface area contributed by atoms with E-state index in [1.807, 2.05) is 0 Å². The van der Waals surface area contributed by atoms with Crippen molar-refractivity contribution in [2.24, 2.45) is 5.73 Å². The summed E-state index contributed by atoms with van der Waals surface area (Å²) in [4.78, 5) is 0. The number of aromatic amines is 1. The topological polar surface area (TPSA) is 101 Å². The molecule has 108 valence electrons. The molecule has 0 aliphatic carbocycles. The van der Waals surface area contributed by atoms with Crippen LogP contribution in [0.15, 0.2) is 32.2 Å². The van der Waals surface area contributed by atoms with Crippen molar-refractivity contribution < 1.29 is 8.42 Å². The number of hydrogen-bond donors (Lipinski definition) is 3. The third-order valence-corrected chi connectivity index (χ3v) is 5.34. The van der Waals surface area contributed by atoms with Gasteiger partial charge in [-0.3, -0.25) is 9.82 Å². The summed E-state index contributed by atoms with van der Waals surface area (Å²) in [6, 6.07) is 5.26. The van der Waals surface area contributed by atoms with Crippen LogP contribution in [0.2, 0.25) is 0 Å². The normalized spacial score (nSPS) is 11.6. The molecule has 0 radical (unpaired) electrons. The fourth-order valence-electron chi connectivity index (χ4n) is 1.67. The Balaban J connectivity index is 2.46. The lowest BCUT2D eigenvalue weighted by atomic mass is 10.3. The first kappa shape index (κ1) is 15.5. The van der Waals surface area contributed by atoms with Crippen molar-refractivity contribution in [2.45, 2.75) is 18.5 Å². The van der Waals surface area contributed by atoms with Crippen molar-refractivity contribution in [1.29, 1.82) is 0 Å². The van der Waals surface area contributed by atoms with E-state index >= 15 is 0 Å². The van der Waals surface area contributed by atoms with Crippen molar-refractivity contribution in [1.82, 2.24) is 10.2 Å². The fourth-order valence-corrected chi connectivity index (χ4v) is 4.44. The van der Waals surface area contributed by atoms with E-state index in [2.05, 4.69) is 46.8 Å². The summed E-state index contributed by atoms with van der Waals surface area (Å²) in [6.07, 6.45) is 0. The SMILES string of the molecule is Cc1[nH]nc(S(=O)(=O)Nc2c(Br)cccc2Br)c1CN. The molecule has 2 rings (SSSR count). The van der Waals surface area contributed by atoms with E-state index in [0.29, 0.717) is 25.9 Å². The van der Waals surface area contributed by atoms with Crippen molar-refractivity contribution in [2.75, 3.05) is 4.72 Å². The summed E-state index contributed by atoms with van der Waals surface area (Å²) < 4.78 is 28.6. The van der Waals surface area contributed by atoms with Crippen LogP contribution in [0, 0.1) is 6.92 Å². The van der Waals surface area contributed by atoms with Gasteiger partial charge in [0.2, 0.25) is 5.03 Å².